The molecule has 0 bridgehead atoms. The quantitative estimate of drug-likeness (QED) is 0.914. The first-order chi connectivity index (χ1) is 9.82. The van der Waals surface area contributed by atoms with Crippen LogP contribution in [0.25, 0.3) is 0 Å². The van der Waals surface area contributed by atoms with Crippen molar-refractivity contribution in [3.8, 4) is 0 Å². The Bertz CT molecular complexity index is 497. The Labute approximate surface area is 126 Å². The molecule has 21 heavy (non-hydrogen) atoms. The van der Waals surface area contributed by atoms with Crippen molar-refractivity contribution < 1.29 is 14.6 Å². The molecule has 2 rings (SSSR count). The molecule has 1 aromatic rings. The number of nitrogens with zero attached hydrogens (tertiary/aromatic N) is 2. The van der Waals surface area contributed by atoms with Gasteiger partial charge in [0.05, 0.1) is 18.3 Å². The fourth-order valence-electron chi connectivity index (χ4n) is 2.63. The van der Waals surface area contributed by atoms with Gasteiger partial charge in [-0.3, -0.25) is 4.79 Å². The molecule has 1 aliphatic heterocycles. The molecule has 5 nitrogen and oxygen atoms in total. The fraction of sp³-hybridized carbons (Fsp3) is 0.562. The summed E-state index contributed by atoms with van der Waals surface area (Å²) in [6.45, 7) is 4.74. The second-order valence-electron chi connectivity index (χ2n) is 6.31. The molecule has 1 amide bonds. The van der Waals surface area contributed by atoms with Crippen molar-refractivity contribution >= 4 is 11.6 Å². The highest BCUT2D eigenvalue weighted by atomic mass is 16.5. The van der Waals surface area contributed by atoms with Gasteiger partial charge in [-0.25, -0.2) is 0 Å². The maximum Gasteiger partial charge on any atom is 0.254 e. The molecule has 116 valence electrons. The number of morpholine rings is 1. The summed E-state index contributed by atoms with van der Waals surface area (Å²) in [7, 11) is 3.93. The van der Waals surface area contributed by atoms with E-state index in [1.165, 1.54) is 0 Å². The van der Waals surface area contributed by atoms with Crippen LogP contribution in [0.3, 0.4) is 0 Å². The number of hydrogen-bond acceptors (Lipinski definition) is 4. The van der Waals surface area contributed by atoms with Crippen LogP contribution in [0.1, 0.15) is 24.2 Å². The molecule has 1 saturated heterocycles. The Morgan fingerprint density at radius 3 is 2.52 bits per heavy atom. The van der Waals surface area contributed by atoms with Crippen LogP contribution in [-0.2, 0) is 4.74 Å². The molecule has 1 N–H and O–H groups in total. The minimum Gasteiger partial charge on any atom is -0.394 e. The molecule has 5 heteroatoms. The minimum absolute atomic E-state index is 0.0184. The maximum absolute atomic E-state index is 12.6. The number of carbonyl (C=O) groups excluding carboxylic acids is 1. The summed E-state index contributed by atoms with van der Waals surface area (Å²) in [5.41, 5.74) is 1.28. The summed E-state index contributed by atoms with van der Waals surface area (Å²) < 4.78 is 5.74. The lowest BCUT2D eigenvalue weighted by atomic mass is 10.0. The molecule has 0 aliphatic carbocycles. The van der Waals surface area contributed by atoms with Crippen molar-refractivity contribution in [1.29, 1.82) is 0 Å². The van der Waals surface area contributed by atoms with Crippen LogP contribution >= 0.6 is 0 Å². The summed E-state index contributed by atoms with van der Waals surface area (Å²) in [6, 6.07) is 7.55. The van der Waals surface area contributed by atoms with E-state index in [0.29, 0.717) is 18.7 Å². The monoisotopic (exact) mass is 292 g/mol. The summed E-state index contributed by atoms with van der Waals surface area (Å²) in [5, 5.41) is 9.32. The standard InChI is InChI=1S/C16H24N2O3/c1-16(2)11-18(9-14(10-19)21-16)15(20)12-5-7-13(8-6-12)17(3)4/h5-8,14,19H,9-11H2,1-4H3. The number of anilines is 1. The number of aliphatic hydroxyl groups is 1. The predicted octanol–water partition coefficient (Wildman–Crippen LogP) is 1.36. The molecule has 1 aromatic carbocycles. The highest BCUT2D eigenvalue weighted by molar-refractivity contribution is 5.94. The van der Waals surface area contributed by atoms with Crippen molar-refractivity contribution in [2.75, 3.05) is 38.7 Å². The maximum atomic E-state index is 12.6. The zero-order valence-electron chi connectivity index (χ0n) is 13.2. The van der Waals surface area contributed by atoms with Gasteiger partial charge in [0, 0.05) is 38.4 Å². The SMILES string of the molecule is CN(C)c1ccc(C(=O)N2CC(CO)OC(C)(C)C2)cc1. The third kappa shape index (κ3) is 3.74. The van der Waals surface area contributed by atoms with Gasteiger partial charge >= 0.3 is 0 Å². The first-order valence-corrected chi connectivity index (χ1v) is 7.18. The molecule has 1 atom stereocenters. The van der Waals surface area contributed by atoms with E-state index in [1.54, 1.807) is 4.90 Å². The van der Waals surface area contributed by atoms with Crippen LogP contribution in [0.2, 0.25) is 0 Å². The Kier molecular flexibility index (Phi) is 4.54. The normalized spacial score (nSPS) is 21.2. The van der Waals surface area contributed by atoms with E-state index in [2.05, 4.69) is 0 Å². The Morgan fingerprint density at radius 1 is 1.38 bits per heavy atom. The van der Waals surface area contributed by atoms with Gasteiger partial charge in [0.15, 0.2) is 0 Å². The van der Waals surface area contributed by atoms with Gasteiger partial charge in [0.1, 0.15) is 0 Å². The van der Waals surface area contributed by atoms with Crippen LogP contribution in [0, 0.1) is 0 Å². The second-order valence-corrected chi connectivity index (χ2v) is 6.31. The highest BCUT2D eigenvalue weighted by Crippen LogP contribution is 2.23. The van der Waals surface area contributed by atoms with Gasteiger partial charge in [0.25, 0.3) is 5.91 Å². The summed E-state index contributed by atoms with van der Waals surface area (Å²) in [4.78, 5) is 16.4. The van der Waals surface area contributed by atoms with E-state index < -0.39 is 5.60 Å². The molecule has 0 aromatic heterocycles. The van der Waals surface area contributed by atoms with Gasteiger partial charge in [-0.1, -0.05) is 0 Å². The van der Waals surface area contributed by atoms with E-state index >= 15 is 0 Å². The second kappa shape index (κ2) is 6.03. The highest BCUT2D eigenvalue weighted by Gasteiger charge is 2.35. The molecule has 0 spiro atoms. The molecular formula is C16H24N2O3. The number of carbonyl (C=O) groups is 1. The predicted molar refractivity (Wildman–Crippen MR) is 82.7 cm³/mol. The topological polar surface area (TPSA) is 53.0 Å². The largest absolute Gasteiger partial charge is 0.394 e. The van der Waals surface area contributed by atoms with Crippen molar-refractivity contribution in [3.63, 3.8) is 0 Å². The molecule has 1 fully saturated rings. The van der Waals surface area contributed by atoms with Crippen LogP contribution in [-0.4, -0.2) is 61.4 Å². The number of aliphatic hydroxyl groups excluding tert-OH is 1. The Morgan fingerprint density at radius 2 is 2.00 bits per heavy atom. The lowest BCUT2D eigenvalue weighted by molar-refractivity contribution is -0.139. The molecule has 1 heterocycles. The number of rotatable bonds is 3. The number of ether oxygens (including phenoxy) is 1. The van der Waals surface area contributed by atoms with Crippen molar-refractivity contribution in [1.82, 2.24) is 4.90 Å². The first kappa shape index (κ1) is 15.8. The van der Waals surface area contributed by atoms with E-state index in [1.807, 2.05) is 57.1 Å². The van der Waals surface area contributed by atoms with E-state index in [0.717, 1.165) is 5.69 Å². The lowest BCUT2D eigenvalue weighted by Gasteiger charge is -2.42. The van der Waals surface area contributed by atoms with Gasteiger partial charge in [-0.15, -0.1) is 0 Å². The smallest absolute Gasteiger partial charge is 0.254 e. The third-order valence-electron chi connectivity index (χ3n) is 3.60. The first-order valence-electron chi connectivity index (χ1n) is 7.18. The van der Waals surface area contributed by atoms with E-state index in [9.17, 15) is 9.90 Å². The average Bonchev–Trinajstić information content (AvgIpc) is 2.44. The van der Waals surface area contributed by atoms with Gasteiger partial charge < -0.3 is 19.6 Å². The molecule has 0 radical (unpaired) electrons. The number of hydrogen-bond donors (Lipinski definition) is 1. The van der Waals surface area contributed by atoms with Crippen LogP contribution in [0.5, 0.6) is 0 Å². The average molecular weight is 292 g/mol. The lowest BCUT2D eigenvalue weighted by Crippen LogP contribution is -2.55. The van der Waals surface area contributed by atoms with E-state index in [-0.39, 0.29) is 18.6 Å². The minimum atomic E-state index is -0.440. The zero-order valence-corrected chi connectivity index (χ0v) is 13.2. The fourth-order valence-corrected chi connectivity index (χ4v) is 2.63. The zero-order chi connectivity index (χ0) is 15.6. The molecule has 1 aliphatic rings. The van der Waals surface area contributed by atoms with Gasteiger partial charge in [-0.05, 0) is 38.1 Å². The molecule has 0 saturated carbocycles. The van der Waals surface area contributed by atoms with Crippen molar-refractivity contribution in [3.05, 3.63) is 29.8 Å². The van der Waals surface area contributed by atoms with Crippen LogP contribution in [0.15, 0.2) is 24.3 Å². The Hall–Kier alpha value is -1.59. The molecular weight excluding hydrogens is 268 g/mol. The summed E-state index contributed by atoms with van der Waals surface area (Å²) in [6.07, 6.45) is -0.321. The van der Waals surface area contributed by atoms with E-state index in [4.69, 9.17) is 4.74 Å². The third-order valence-corrected chi connectivity index (χ3v) is 3.60. The summed E-state index contributed by atoms with van der Waals surface area (Å²) in [5.74, 6) is -0.0184. The molecule has 1 unspecified atom stereocenters. The number of amides is 1. The van der Waals surface area contributed by atoms with Gasteiger partial charge in [-0.2, -0.15) is 0 Å². The van der Waals surface area contributed by atoms with Crippen LogP contribution < -0.4 is 4.90 Å². The van der Waals surface area contributed by atoms with Gasteiger partial charge in [0.2, 0.25) is 0 Å². The number of benzene rings is 1. The van der Waals surface area contributed by atoms with Crippen molar-refractivity contribution in [2.24, 2.45) is 0 Å². The summed E-state index contributed by atoms with van der Waals surface area (Å²) >= 11 is 0. The Balaban J connectivity index is 2.14. The van der Waals surface area contributed by atoms with Crippen LogP contribution in [0.4, 0.5) is 5.69 Å². The van der Waals surface area contributed by atoms with Crippen molar-refractivity contribution in [2.45, 2.75) is 25.6 Å².